The molecule has 0 amide bonds. The van der Waals surface area contributed by atoms with Crippen molar-refractivity contribution < 1.29 is 4.74 Å². The number of rotatable bonds is 5. The van der Waals surface area contributed by atoms with E-state index in [0.717, 1.165) is 58.2 Å². The van der Waals surface area contributed by atoms with E-state index < -0.39 is 0 Å². The molecule has 1 aromatic carbocycles. The van der Waals surface area contributed by atoms with E-state index in [9.17, 15) is 0 Å². The fourth-order valence-corrected chi connectivity index (χ4v) is 4.01. The van der Waals surface area contributed by atoms with Gasteiger partial charge in [0.15, 0.2) is 0 Å². The van der Waals surface area contributed by atoms with Gasteiger partial charge in [-0.2, -0.15) is 0 Å². The van der Waals surface area contributed by atoms with Crippen molar-refractivity contribution in [2.75, 3.05) is 71.3 Å². The molecule has 0 aromatic heterocycles. The summed E-state index contributed by atoms with van der Waals surface area (Å²) >= 11 is 1.86. The highest BCUT2D eigenvalue weighted by Crippen LogP contribution is 2.26. The summed E-state index contributed by atoms with van der Waals surface area (Å²) < 4.78 is 7.87. The SMILES string of the molecule is Cc1cc(SN2CCN(CCN3CCOCC3)CC2)ccc1N. The van der Waals surface area contributed by atoms with Gasteiger partial charge in [0.1, 0.15) is 0 Å². The summed E-state index contributed by atoms with van der Waals surface area (Å²) in [5, 5.41) is 0. The monoisotopic (exact) mass is 336 g/mol. The van der Waals surface area contributed by atoms with E-state index in [1.165, 1.54) is 23.5 Å². The zero-order chi connectivity index (χ0) is 16.1. The molecule has 3 rings (SSSR count). The second kappa shape index (κ2) is 8.35. The lowest BCUT2D eigenvalue weighted by Gasteiger charge is -2.35. The summed E-state index contributed by atoms with van der Waals surface area (Å²) in [5.74, 6) is 0. The molecule has 2 aliphatic heterocycles. The van der Waals surface area contributed by atoms with Gasteiger partial charge in [0.25, 0.3) is 0 Å². The van der Waals surface area contributed by atoms with Gasteiger partial charge in [0, 0.05) is 62.9 Å². The number of morpholine rings is 1. The van der Waals surface area contributed by atoms with Gasteiger partial charge in [-0.3, -0.25) is 9.80 Å². The van der Waals surface area contributed by atoms with Crippen LogP contribution in [0.15, 0.2) is 23.1 Å². The van der Waals surface area contributed by atoms with E-state index in [0.29, 0.717) is 0 Å². The molecule has 128 valence electrons. The summed E-state index contributed by atoms with van der Waals surface area (Å²) in [7, 11) is 0. The third-order valence-corrected chi connectivity index (χ3v) is 5.73. The molecule has 0 bridgehead atoms. The first-order valence-electron chi connectivity index (χ1n) is 8.52. The van der Waals surface area contributed by atoms with Crippen LogP contribution in [0.5, 0.6) is 0 Å². The molecule has 1 aromatic rings. The maximum absolute atomic E-state index is 5.89. The van der Waals surface area contributed by atoms with Gasteiger partial charge >= 0.3 is 0 Å². The fourth-order valence-electron chi connectivity index (χ4n) is 3.01. The highest BCUT2D eigenvalue weighted by atomic mass is 32.2. The van der Waals surface area contributed by atoms with Crippen molar-refractivity contribution in [1.29, 1.82) is 0 Å². The van der Waals surface area contributed by atoms with Crippen molar-refractivity contribution in [1.82, 2.24) is 14.1 Å². The second-order valence-electron chi connectivity index (χ2n) is 6.33. The van der Waals surface area contributed by atoms with Crippen molar-refractivity contribution in [2.45, 2.75) is 11.8 Å². The lowest BCUT2D eigenvalue weighted by molar-refractivity contribution is 0.0318. The van der Waals surface area contributed by atoms with Crippen molar-refractivity contribution in [3.05, 3.63) is 23.8 Å². The van der Waals surface area contributed by atoms with Crippen LogP contribution in [0.3, 0.4) is 0 Å². The second-order valence-corrected chi connectivity index (χ2v) is 7.50. The third-order valence-electron chi connectivity index (χ3n) is 4.64. The van der Waals surface area contributed by atoms with Gasteiger partial charge in [-0.1, -0.05) is 0 Å². The van der Waals surface area contributed by atoms with Crippen LogP contribution in [-0.2, 0) is 4.74 Å². The molecule has 0 radical (unpaired) electrons. The number of hydrogen-bond donors (Lipinski definition) is 1. The maximum Gasteiger partial charge on any atom is 0.0594 e. The van der Waals surface area contributed by atoms with Crippen molar-refractivity contribution in [3.8, 4) is 0 Å². The molecule has 2 saturated heterocycles. The quantitative estimate of drug-likeness (QED) is 0.650. The van der Waals surface area contributed by atoms with Crippen molar-refractivity contribution in [3.63, 3.8) is 0 Å². The molecule has 0 unspecified atom stereocenters. The Morgan fingerprint density at radius 2 is 1.65 bits per heavy atom. The Bertz CT molecular complexity index is 499. The molecule has 2 fully saturated rings. The Hall–Kier alpha value is -0.790. The predicted octanol–water partition coefficient (Wildman–Crippen LogP) is 1.53. The van der Waals surface area contributed by atoms with Crippen molar-refractivity contribution >= 4 is 17.6 Å². The molecular formula is C17H28N4OS. The van der Waals surface area contributed by atoms with Gasteiger partial charge in [-0.15, -0.1) is 0 Å². The van der Waals surface area contributed by atoms with E-state index in [4.69, 9.17) is 10.5 Å². The lowest BCUT2D eigenvalue weighted by atomic mass is 10.2. The number of benzene rings is 1. The number of ether oxygens (including phenoxy) is 1. The predicted molar refractivity (Wildman–Crippen MR) is 96.7 cm³/mol. The maximum atomic E-state index is 5.89. The number of piperazine rings is 1. The molecule has 2 heterocycles. The average molecular weight is 337 g/mol. The molecule has 23 heavy (non-hydrogen) atoms. The van der Waals surface area contributed by atoms with Crippen LogP contribution < -0.4 is 5.73 Å². The molecule has 0 aliphatic carbocycles. The Balaban J connectivity index is 1.38. The van der Waals surface area contributed by atoms with E-state index in [2.05, 4.69) is 33.2 Å². The van der Waals surface area contributed by atoms with Crippen LogP contribution in [0.4, 0.5) is 5.69 Å². The van der Waals surface area contributed by atoms with Crippen LogP contribution in [-0.4, -0.2) is 79.7 Å². The van der Waals surface area contributed by atoms with Crippen LogP contribution >= 0.6 is 11.9 Å². The molecule has 0 saturated carbocycles. The highest BCUT2D eigenvalue weighted by Gasteiger charge is 2.19. The number of nitrogens with two attached hydrogens (primary N) is 1. The van der Waals surface area contributed by atoms with Crippen LogP contribution in [0.25, 0.3) is 0 Å². The Kier molecular flexibility index (Phi) is 6.19. The zero-order valence-corrected chi connectivity index (χ0v) is 14.9. The minimum absolute atomic E-state index is 0.877. The Morgan fingerprint density at radius 3 is 2.30 bits per heavy atom. The Labute approximate surface area is 143 Å². The minimum atomic E-state index is 0.877. The van der Waals surface area contributed by atoms with Gasteiger partial charge < -0.3 is 10.5 Å². The number of anilines is 1. The van der Waals surface area contributed by atoms with Crippen LogP contribution in [0.2, 0.25) is 0 Å². The molecule has 0 atom stereocenters. The highest BCUT2D eigenvalue weighted by molar-refractivity contribution is 7.97. The standard InChI is InChI=1S/C17H28N4OS/c1-15-14-16(2-3-17(15)18)23-21-8-6-19(7-9-21)4-5-20-10-12-22-13-11-20/h2-3,14H,4-13,18H2,1H3. The van der Waals surface area contributed by atoms with Crippen LogP contribution in [0.1, 0.15) is 5.56 Å². The first-order chi connectivity index (χ1) is 11.2. The van der Waals surface area contributed by atoms with Gasteiger partial charge in [0.05, 0.1) is 13.2 Å². The average Bonchev–Trinajstić information content (AvgIpc) is 2.58. The normalized spacial score (nSPS) is 21.6. The Morgan fingerprint density at radius 1 is 1.00 bits per heavy atom. The molecule has 5 nitrogen and oxygen atoms in total. The third kappa shape index (κ3) is 5.09. The van der Waals surface area contributed by atoms with E-state index in [1.54, 1.807) is 0 Å². The van der Waals surface area contributed by atoms with Gasteiger partial charge in [-0.25, -0.2) is 4.31 Å². The number of nitrogen functional groups attached to an aromatic ring is 1. The number of nitrogens with zero attached hydrogens (tertiary/aromatic N) is 3. The first kappa shape index (κ1) is 17.0. The van der Waals surface area contributed by atoms with Crippen molar-refractivity contribution in [2.24, 2.45) is 0 Å². The van der Waals surface area contributed by atoms with Crippen LogP contribution in [0, 0.1) is 6.92 Å². The fraction of sp³-hybridized carbons (Fsp3) is 0.647. The van der Waals surface area contributed by atoms with E-state index in [1.807, 2.05) is 18.0 Å². The minimum Gasteiger partial charge on any atom is -0.399 e. The van der Waals surface area contributed by atoms with Gasteiger partial charge in [-0.05, 0) is 42.6 Å². The number of hydrogen-bond acceptors (Lipinski definition) is 6. The lowest BCUT2D eigenvalue weighted by Crippen LogP contribution is -2.47. The molecule has 0 spiro atoms. The molecular weight excluding hydrogens is 308 g/mol. The summed E-state index contributed by atoms with van der Waals surface area (Å²) in [6, 6.07) is 6.32. The number of aryl methyl sites for hydroxylation is 1. The largest absolute Gasteiger partial charge is 0.399 e. The van der Waals surface area contributed by atoms with Gasteiger partial charge in [0.2, 0.25) is 0 Å². The smallest absolute Gasteiger partial charge is 0.0594 e. The first-order valence-corrected chi connectivity index (χ1v) is 9.29. The zero-order valence-electron chi connectivity index (χ0n) is 14.0. The molecule has 6 heteroatoms. The summed E-state index contributed by atoms with van der Waals surface area (Å²) in [4.78, 5) is 6.39. The molecule has 2 N–H and O–H groups in total. The van der Waals surface area contributed by atoms with E-state index in [-0.39, 0.29) is 0 Å². The summed E-state index contributed by atoms with van der Waals surface area (Å²) in [5.41, 5.74) is 7.94. The summed E-state index contributed by atoms with van der Waals surface area (Å²) in [6.45, 7) is 13.0. The topological polar surface area (TPSA) is 45.0 Å². The van der Waals surface area contributed by atoms with E-state index >= 15 is 0 Å². The summed E-state index contributed by atoms with van der Waals surface area (Å²) in [6.07, 6.45) is 0. The molecule has 2 aliphatic rings.